The summed E-state index contributed by atoms with van der Waals surface area (Å²) in [4.78, 5) is 21.0. The summed E-state index contributed by atoms with van der Waals surface area (Å²) in [6.07, 6.45) is 6.07. The van der Waals surface area contributed by atoms with Gasteiger partial charge >= 0.3 is 0 Å². The third-order valence-electron chi connectivity index (χ3n) is 5.81. The number of aromatic nitrogens is 1. The first-order chi connectivity index (χ1) is 13.7. The minimum atomic E-state index is 0.0849. The fourth-order valence-corrected chi connectivity index (χ4v) is 5.11. The average molecular weight is 400 g/mol. The van der Waals surface area contributed by atoms with Gasteiger partial charge in [0.1, 0.15) is 0 Å². The molecule has 0 aliphatic carbocycles. The summed E-state index contributed by atoms with van der Waals surface area (Å²) in [7, 11) is 0. The number of hydrogen-bond acceptors (Lipinski definition) is 5. The maximum Gasteiger partial charge on any atom is 0.252 e. The van der Waals surface area contributed by atoms with Gasteiger partial charge in [-0.1, -0.05) is 13.0 Å². The number of nitrogens with one attached hydrogen (secondary N) is 1. The molecule has 2 aromatic heterocycles. The highest BCUT2D eigenvalue weighted by molar-refractivity contribution is 7.10. The predicted octanol–water partition coefficient (Wildman–Crippen LogP) is 3.42. The maximum atomic E-state index is 12.6. The molecule has 0 radical (unpaired) electrons. The summed E-state index contributed by atoms with van der Waals surface area (Å²) < 4.78 is 5.41. The Bertz CT molecular complexity index is 797. The van der Waals surface area contributed by atoms with E-state index in [-0.39, 0.29) is 5.91 Å². The van der Waals surface area contributed by atoms with E-state index in [1.807, 2.05) is 11.6 Å². The molecule has 1 saturated heterocycles. The number of rotatable bonds is 7. The van der Waals surface area contributed by atoms with Crippen LogP contribution in [-0.2, 0) is 30.7 Å². The van der Waals surface area contributed by atoms with Crippen molar-refractivity contribution < 1.29 is 9.53 Å². The fraction of sp³-hybridized carbons (Fsp3) is 0.545. The number of aryl methyl sites for hydroxylation is 1. The Labute approximate surface area is 171 Å². The standard InChI is InChI=1S/C22H29N3O2S/c1-2-16-3-4-18(24-11-16)12-25-9-6-19-20(15-28-21(19)13-25)22(26)23-8-5-17-7-10-27-14-17/h3-4,11,15,17H,2,5-10,12-14H2,1H3,(H,23,26)/t17-/m0/s1. The normalized spacial score (nSPS) is 19.5. The van der Waals surface area contributed by atoms with Crippen molar-refractivity contribution in [2.24, 2.45) is 5.92 Å². The molecular formula is C22H29N3O2S. The molecule has 0 spiro atoms. The molecule has 4 rings (SSSR count). The zero-order valence-corrected chi connectivity index (χ0v) is 17.4. The van der Waals surface area contributed by atoms with Crippen LogP contribution in [0.4, 0.5) is 0 Å². The lowest BCUT2D eigenvalue weighted by molar-refractivity contribution is 0.0949. The summed E-state index contributed by atoms with van der Waals surface area (Å²) in [6.45, 7) is 7.34. The Balaban J connectivity index is 1.31. The van der Waals surface area contributed by atoms with Crippen LogP contribution in [0.25, 0.3) is 0 Å². The van der Waals surface area contributed by atoms with Gasteiger partial charge in [-0.25, -0.2) is 0 Å². The van der Waals surface area contributed by atoms with Crippen molar-refractivity contribution in [2.45, 2.75) is 45.7 Å². The molecule has 0 aromatic carbocycles. The molecule has 2 aliphatic rings. The Kier molecular flexibility index (Phi) is 6.40. The molecule has 150 valence electrons. The molecule has 28 heavy (non-hydrogen) atoms. The van der Waals surface area contributed by atoms with Gasteiger partial charge in [0.25, 0.3) is 5.91 Å². The quantitative estimate of drug-likeness (QED) is 0.775. The van der Waals surface area contributed by atoms with E-state index in [0.717, 1.165) is 76.3 Å². The Morgan fingerprint density at radius 1 is 1.43 bits per heavy atom. The van der Waals surface area contributed by atoms with E-state index in [1.165, 1.54) is 16.0 Å². The molecule has 5 nitrogen and oxygen atoms in total. The third kappa shape index (κ3) is 4.62. The number of amides is 1. The maximum absolute atomic E-state index is 12.6. The van der Waals surface area contributed by atoms with Crippen molar-refractivity contribution in [1.82, 2.24) is 15.2 Å². The van der Waals surface area contributed by atoms with Gasteiger partial charge in [0.15, 0.2) is 0 Å². The Morgan fingerprint density at radius 3 is 3.11 bits per heavy atom. The predicted molar refractivity (Wildman–Crippen MR) is 112 cm³/mol. The minimum absolute atomic E-state index is 0.0849. The highest BCUT2D eigenvalue weighted by Crippen LogP contribution is 2.29. The number of nitrogens with zero attached hydrogens (tertiary/aromatic N) is 2. The van der Waals surface area contributed by atoms with Crippen molar-refractivity contribution in [1.29, 1.82) is 0 Å². The number of fused-ring (bicyclic) bond motifs is 1. The Hall–Kier alpha value is -1.76. The third-order valence-corrected chi connectivity index (χ3v) is 6.83. The van der Waals surface area contributed by atoms with Gasteiger partial charge in [-0.3, -0.25) is 14.7 Å². The lowest BCUT2D eigenvalue weighted by Crippen LogP contribution is -2.31. The molecule has 4 heterocycles. The van der Waals surface area contributed by atoms with E-state index in [2.05, 4.69) is 34.3 Å². The number of thiophene rings is 1. The van der Waals surface area contributed by atoms with E-state index in [0.29, 0.717) is 5.92 Å². The van der Waals surface area contributed by atoms with Crippen molar-refractivity contribution in [2.75, 3.05) is 26.3 Å². The molecule has 2 aliphatic heterocycles. The van der Waals surface area contributed by atoms with Crippen LogP contribution in [0.5, 0.6) is 0 Å². The second kappa shape index (κ2) is 9.16. The summed E-state index contributed by atoms with van der Waals surface area (Å²) in [5, 5.41) is 5.15. The van der Waals surface area contributed by atoms with E-state index in [4.69, 9.17) is 4.74 Å². The first-order valence-electron chi connectivity index (χ1n) is 10.3. The van der Waals surface area contributed by atoms with Gasteiger partial charge in [0.2, 0.25) is 0 Å². The van der Waals surface area contributed by atoms with Gasteiger partial charge in [0, 0.05) is 55.8 Å². The van der Waals surface area contributed by atoms with Crippen LogP contribution in [0.15, 0.2) is 23.7 Å². The van der Waals surface area contributed by atoms with Crippen LogP contribution >= 0.6 is 11.3 Å². The molecule has 1 N–H and O–H groups in total. The van der Waals surface area contributed by atoms with Crippen LogP contribution in [-0.4, -0.2) is 42.1 Å². The van der Waals surface area contributed by atoms with E-state index < -0.39 is 0 Å². The van der Waals surface area contributed by atoms with Crippen LogP contribution in [0.1, 0.15) is 51.8 Å². The lowest BCUT2D eigenvalue weighted by atomic mass is 10.0. The summed E-state index contributed by atoms with van der Waals surface area (Å²) in [5.41, 5.74) is 4.52. The summed E-state index contributed by atoms with van der Waals surface area (Å²) >= 11 is 1.72. The first kappa shape index (κ1) is 19.6. The van der Waals surface area contributed by atoms with Gasteiger partial charge < -0.3 is 10.1 Å². The average Bonchev–Trinajstić information content (AvgIpc) is 3.38. The van der Waals surface area contributed by atoms with E-state index in [1.54, 1.807) is 11.3 Å². The smallest absolute Gasteiger partial charge is 0.252 e. The van der Waals surface area contributed by atoms with E-state index >= 15 is 0 Å². The number of carbonyl (C=O) groups excluding carboxylic acids is 1. The molecule has 1 fully saturated rings. The lowest BCUT2D eigenvalue weighted by Gasteiger charge is -2.27. The van der Waals surface area contributed by atoms with Crippen LogP contribution in [0.3, 0.4) is 0 Å². The van der Waals surface area contributed by atoms with E-state index in [9.17, 15) is 4.79 Å². The van der Waals surface area contributed by atoms with Crippen molar-refractivity contribution in [3.05, 3.63) is 51.0 Å². The molecular weight excluding hydrogens is 370 g/mol. The van der Waals surface area contributed by atoms with Crippen LogP contribution in [0, 0.1) is 5.92 Å². The van der Waals surface area contributed by atoms with Crippen molar-refractivity contribution >= 4 is 17.2 Å². The highest BCUT2D eigenvalue weighted by atomic mass is 32.1. The highest BCUT2D eigenvalue weighted by Gasteiger charge is 2.24. The zero-order valence-electron chi connectivity index (χ0n) is 16.6. The first-order valence-corrected chi connectivity index (χ1v) is 11.2. The summed E-state index contributed by atoms with van der Waals surface area (Å²) in [5.74, 6) is 0.687. The van der Waals surface area contributed by atoms with Gasteiger partial charge in [-0.05, 0) is 48.8 Å². The minimum Gasteiger partial charge on any atom is -0.381 e. The number of pyridine rings is 1. The molecule has 1 atom stereocenters. The largest absolute Gasteiger partial charge is 0.381 e. The van der Waals surface area contributed by atoms with Crippen LogP contribution in [0.2, 0.25) is 0 Å². The molecule has 0 saturated carbocycles. The Morgan fingerprint density at radius 2 is 2.36 bits per heavy atom. The molecule has 2 aromatic rings. The fourth-order valence-electron chi connectivity index (χ4n) is 3.99. The molecule has 0 bridgehead atoms. The second-order valence-corrected chi connectivity index (χ2v) is 8.76. The number of hydrogen-bond donors (Lipinski definition) is 1. The zero-order chi connectivity index (χ0) is 19.3. The topological polar surface area (TPSA) is 54.5 Å². The van der Waals surface area contributed by atoms with Gasteiger partial charge in [-0.2, -0.15) is 0 Å². The summed E-state index contributed by atoms with van der Waals surface area (Å²) in [6, 6.07) is 4.31. The molecule has 0 unspecified atom stereocenters. The molecule has 6 heteroatoms. The van der Waals surface area contributed by atoms with Gasteiger partial charge in [-0.15, -0.1) is 11.3 Å². The monoisotopic (exact) mass is 399 g/mol. The van der Waals surface area contributed by atoms with Crippen molar-refractivity contribution in [3.8, 4) is 0 Å². The molecule has 1 amide bonds. The van der Waals surface area contributed by atoms with Crippen LogP contribution < -0.4 is 5.32 Å². The number of ether oxygens (including phenoxy) is 1. The number of carbonyl (C=O) groups is 1. The SMILES string of the molecule is CCc1ccc(CN2CCc3c(C(=O)NCC[C@H]4CCOC4)csc3C2)nc1. The van der Waals surface area contributed by atoms with Gasteiger partial charge in [0.05, 0.1) is 11.3 Å². The second-order valence-electron chi connectivity index (χ2n) is 7.80. The van der Waals surface area contributed by atoms with Crippen molar-refractivity contribution in [3.63, 3.8) is 0 Å².